The first-order chi connectivity index (χ1) is 9.42. The molecule has 2 unspecified atom stereocenters. The van der Waals surface area contributed by atoms with Gasteiger partial charge in [-0.15, -0.1) is 0 Å². The summed E-state index contributed by atoms with van der Waals surface area (Å²) >= 11 is 0. The predicted octanol–water partition coefficient (Wildman–Crippen LogP) is 1.72. The van der Waals surface area contributed by atoms with Crippen molar-refractivity contribution in [3.63, 3.8) is 0 Å². The molecule has 1 N–H and O–H groups in total. The first-order valence-electron chi connectivity index (χ1n) is 6.72. The minimum absolute atomic E-state index is 0.0969. The maximum Gasteiger partial charge on any atom is 0.253 e. The van der Waals surface area contributed by atoms with E-state index in [9.17, 15) is 9.59 Å². The Morgan fingerprint density at radius 1 is 1.40 bits per heavy atom. The summed E-state index contributed by atoms with van der Waals surface area (Å²) in [4.78, 5) is 26.4. The molecule has 0 radical (unpaired) electrons. The normalized spacial score (nSPS) is 26.4. The van der Waals surface area contributed by atoms with Crippen molar-refractivity contribution in [1.82, 2.24) is 5.32 Å². The summed E-state index contributed by atoms with van der Waals surface area (Å²) in [6.45, 7) is 5.37. The van der Waals surface area contributed by atoms with Crippen LogP contribution in [0, 0.1) is 0 Å². The lowest BCUT2D eigenvalue weighted by Crippen LogP contribution is -2.68. The summed E-state index contributed by atoms with van der Waals surface area (Å²) in [5.74, 6) is 0.420. The van der Waals surface area contributed by atoms with E-state index in [0.29, 0.717) is 17.9 Å². The van der Waals surface area contributed by atoms with Gasteiger partial charge in [-0.05, 0) is 32.4 Å². The number of carbonyl (C=O) groups is 2. The average molecular weight is 276 g/mol. The fourth-order valence-corrected chi connectivity index (χ4v) is 2.33. The van der Waals surface area contributed by atoms with Crippen molar-refractivity contribution >= 4 is 17.5 Å². The molecule has 0 spiro atoms. The Balaban J connectivity index is 2.45. The average Bonchev–Trinajstić information content (AvgIpc) is 2.46. The number of nitrogens with zero attached hydrogens (tertiary/aromatic N) is 1. The van der Waals surface area contributed by atoms with Crippen LogP contribution < -0.4 is 15.0 Å². The Hall–Kier alpha value is -2.04. The van der Waals surface area contributed by atoms with Gasteiger partial charge >= 0.3 is 0 Å². The third-order valence-electron chi connectivity index (χ3n) is 3.90. The molecular formula is C15H20N2O3. The van der Waals surface area contributed by atoms with E-state index in [1.165, 1.54) is 0 Å². The Labute approximate surface area is 118 Å². The van der Waals surface area contributed by atoms with Crippen LogP contribution in [0.2, 0.25) is 0 Å². The Kier molecular flexibility index (Phi) is 3.70. The number of amides is 2. The van der Waals surface area contributed by atoms with Gasteiger partial charge < -0.3 is 10.1 Å². The third-order valence-corrected chi connectivity index (χ3v) is 3.90. The van der Waals surface area contributed by atoms with Gasteiger partial charge in [0.05, 0.1) is 7.11 Å². The van der Waals surface area contributed by atoms with Crippen LogP contribution in [0.15, 0.2) is 24.3 Å². The van der Waals surface area contributed by atoms with Crippen LogP contribution in [-0.2, 0) is 9.59 Å². The highest BCUT2D eigenvalue weighted by Gasteiger charge is 2.45. The largest absolute Gasteiger partial charge is 0.497 e. The molecule has 0 bridgehead atoms. The zero-order valence-corrected chi connectivity index (χ0v) is 12.3. The number of methoxy groups -OCH3 is 1. The molecular weight excluding hydrogens is 256 g/mol. The molecule has 1 fully saturated rings. The highest BCUT2D eigenvalue weighted by molar-refractivity contribution is 6.10. The van der Waals surface area contributed by atoms with Crippen LogP contribution >= 0.6 is 0 Å². The molecule has 1 aromatic carbocycles. The molecule has 2 amide bonds. The molecule has 0 aromatic heterocycles. The van der Waals surface area contributed by atoms with Crippen molar-refractivity contribution in [2.45, 2.75) is 38.8 Å². The first-order valence-corrected chi connectivity index (χ1v) is 6.72. The van der Waals surface area contributed by atoms with E-state index in [2.05, 4.69) is 5.32 Å². The zero-order valence-electron chi connectivity index (χ0n) is 12.3. The molecule has 0 aliphatic carbocycles. The van der Waals surface area contributed by atoms with Crippen molar-refractivity contribution in [2.75, 3.05) is 12.0 Å². The monoisotopic (exact) mass is 276 g/mol. The minimum Gasteiger partial charge on any atom is -0.497 e. The summed E-state index contributed by atoms with van der Waals surface area (Å²) in [6.07, 6.45) is 0.546. The van der Waals surface area contributed by atoms with Gasteiger partial charge in [-0.2, -0.15) is 0 Å². The number of ether oxygens (including phenoxy) is 1. The summed E-state index contributed by atoms with van der Waals surface area (Å²) in [7, 11) is 1.57. The number of anilines is 1. The van der Waals surface area contributed by atoms with Crippen LogP contribution in [0.5, 0.6) is 5.75 Å². The Morgan fingerprint density at radius 3 is 2.70 bits per heavy atom. The summed E-state index contributed by atoms with van der Waals surface area (Å²) in [5.41, 5.74) is -0.177. The lowest BCUT2D eigenvalue weighted by molar-refractivity contribution is -0.137. The van der Waals surface area contributed by atoms with Crippen LogP contribution in [-0.4, -0.2) is 30.5 Å². The van der Waals surface area contributed by atoms with E-state index in [0.717, 1.165) is 0 Å². The molecule has 20 heavy (non-hydrogen) atoms. The molecule has 0 saturated carbocycles. The first kappa shape index (κ1) is 14.4. The fourth-order valence-electron chi connectivity index (χ4n) is 2.33. The summed E-state index contributed by atoms with van der Waals surface area (Å²) < 4.78 is 5.18. The van der Waals surface area contributed by atoms with E-state index < -0.39 is 11.6 Å². The summed E-state index contributed by atoms with van der Waals surface area (Å²) in [5, 5.41) is 2.81. The van der Waals surface area contributed by atoms with Crippen molar-refractivity contribution in [1.29, 1.82) is 0 Å². The van der Waals surface area contributed by atoms with E-state index in [1.54, 1.807) is 31.9 Å². The zero-order chi connectivity index (χ0) is 14.9. The fraction of sp³-hybridized carbons (Fsp3) is 0.467. The van der Waals surface area contributed by atoms with Crippen LogP contribution in [0.3, 0.4) is 0 Å². The molecule has 1 saturated heterocycles. The van der Waals surface area contributed by atoms with Crippen molar-refractivity contribution in [3.8, 4) is 5.75 Å². The highest BCUT2D eigenvalue weighted by atomic mass is 16.5. The standard InChI is InChI=1S/C15H20N2O3/c1-5-15(3)14(19)17(10(2)13(18)16-15)11-7-6-8-12(9-11)20-4/h6-10H,5H2,1-4H3,(H,16,18). The highest BCUT2D eigenvalue weighted by Crippen LogP contribution is 2.29. The molecule has 1 aliphatic rings. The second-order valence-corrected chi connectivity index (χ2v) is 5.23. The minimum atomic E-state index is -0.854. The molecule has 1 heterocycles. The lowest BCUT2D eigenvalue weighted by Gasteiger charge is -2.43. The third kappa shape index (κ3) is 2.24. The number of nitrogens with one attached hydrogen (secondary N) is 1. The van der Waals surface area contributed by atoms with Gasteiger partial charge in [-0.25, -0.2) is 0 Å². The van der Waals surface area contributed by atoms with Gasteiger partial charge in [0.2, 0.25) is 5.91 Å². The van der Waals surface area contributed by atoms with Gasteiger partial charge in [0, 0.05) is 11.8 Å². The molecule has 108 valence electrons. The molecule has 2 atom stereocenters. The smallest absolute Gasteiger partial charge is 0.253 e. The van der Waals surface area contributed by atoms with Gasteiger partial charge in [0.25, 0.3) is 5.91 Å². The number of carbonyl (C=O) groups excluding carboxylic acids is 2. The van der Waals surface area contributed by atoms with Gasteiger partial charge in [0.1, 0.15) is 17.3 Å². The second-order valence-electron chi connectivity index (χ2n) is 5.23. The van der Waals surface area contributed by atoms with Crippen LogP contribution in [0.1, 0.15) is 27.2 Å². The number of piperazine rings is 1. The van der Waals surface area contributed by atoms with Gasteiger partial charge in [-0.1, -0.05) is 13.0 Å². The maximum atomic E-state index is 12.7. The number of hydrogen-bond donors (Lipinski definition) is 1. The molecule has 1 aliphatic heterocycles. The van der Waals surface area contributed by atoms with Gasteiger partial charge in [0.15, 0.2) is 0 Å². The Morgan fingerprint density at radius 2 is 2.10 bits per heavy atom. The molecule has 1 aromatic rings. The number of rotatable bonds is 3. The second kappa shape index (κ2) is 5.15. The van der Waals surface area contributed by atoms with E-state index >= 15 is 0 Å². The molecule has 5 heteroatoms. The predicted molar refractivity (Wildman–Crippen MR) is 76.8 cm³/mol. The van der Waals surface area contributed by atoms with Crippen molar-refractivity contribution in [3.05, 3.63) is 24.3 Å². The SMILES string of the molecule is CCC1(C)NC(=O)C(C)N(c2cccc(OC)c2)C1=O. The maximum absolute atomic E-state index is 12.7. The molecule has 5 nitrogen and oxygen atoms in total. The number of hydrogen-bond acceptors (Lipinski definition) is 3. The van der Waals surface area contributed by atoms with E-state index in [1.807, 2.05) is 25.1 Å². The Bertz CT molecular complexity index is 544. The quantitative estimate of drug-likeness (QED) is 0.914. The van der Waals surface area contributed by atoms with E-state index in [4.69, 9.17) is 4.74 Å². The van der Waals surface area contributed by atoms with Crippen LogP contribution in [0.4, 0.5) is 5.69 Å². The summed E-state index contributed by atoms with van der Waals surface area (Å²) in [6, 6.07) is 6.66. The van der Waals surface area contributed by atoms with Crippen molar-refractivity contribution < 1.29 is 14.3 Å². The van der Waals surface area contributed by atoms with E-state index in [-0.39, 0.29) is 11.8 Å². The van der Waals surface area contributed by atoms with Crippen LogP contribution in [0.25, 0.3) is 0 Å². The molecule has 2 rings (SSSR count). The van der Waals surface area contributed by atoms with Crippen molar-refractivity contribution in [2.24, 2.45) is 0 Å². The lowest BCUT2D eigenvalue weighted by atomic mass is 9.92. The topological polar surface area (TPSA) is 58.6 Å². The number of benzene rings is 1. The van der Waals surface area contributed by atoms with Gasteiger partial charge in [-0.3, -0.25) is 14.5 Å².